The topological polar surface area (TPSA) is 89.2 Å². The molecule has 0 radical (unpaired) electrons. The van der Waals surface area contributed by atoms with Crippen LogP contribution < -0.4 is 5.69 Å². The molecule has 2 aromatic rings. The monoisotopic (exact) mass is 261 g/mol. The molecule has 0 saturated heterocycles. The fraction of sp³-hybridized carbons (Fsp3) is 0.385. The van der Waals surface area contributed by atoms with Crippen LogP contribution in [-0.4, -0.2) is 39.0 Å². The first-order valence-corrected chi connectivity index (χ1v) is 6.18. The molecule has 1 aromatic carbocycles. The maximum Gasteiger partial charge on any atom is 0.323 e. The van der Waals surface area contributed by atoms with Crippen molar-refractivity contribution in [1.82, 2.24) is 14.9 Å². The number of carbonyl (C=O) groups is 1. The molecule has 1 fully saturated rings. The molecule has 19 heavy (non-hydrogen) atoms. The minimum Gasteiger partial charge on any atom is -0.481 e. The minimum absolute atomic E-state index is 0.124. The van der Waals surface area contributed by atoms with Crippen molar-refractivity contribution in [3.63, 3.8) is 0 Å². The van der Waals surface area contributed by atoms with Gasteiger partial charge in [-0.15, -0.1) is 0 Å². The molecule has 0 spiro atoms. The number of hydrogen-bond acceptors (Lipinski definition) is 3. The second kappa shape index (κ2) is 4.24. The van der Waals surface area contributed by atoms with E-state index in [0.29, 0.717) is 6.54 Å². The number of fused-ring (bicyclic) bond motifs is 1. The summed E-state index contributed by atoms with van der Waals surface area (Å²) in [7, 11) is 1.93. The fourth-order valence-electron chi connectivity index (χ4n) is 2.52. The van der Waals surface area contributed by atoms with Gasteiger partial charge >= 0.3 is 11.7 Å². The SMILES string of the molecule is CN(Cc1ccc2[nH]c(=O)[nH]c2c1)C1CC1C(=O)O. The quantitative estimate of drug-likeness (QED) is 0.758. The second-order valence-electron chi connectivity index (χ2n) is 5.12. The highest BCUT2D eigenvalue weighted by Crippen LogP contribution is 2.35. The summed E-state index contributed by atoms with van der Waals surface area (Å²) in [5.41, 5.74) is 2.41. The van der Waals surface area contributed by atoms with Gasteiger partial charge in [0.25, 0.3) is 0 Å². The lowest BCUT2D eigenvalue weighted by Gasteiger charge is -2.16. The average Bonchev–Trinajstić information content (AvgIpc) is 3.06. The number of aromatic amines is 2. The third-order valence-corrected chi connectivity index (χ3v) is 3.65. The van der Waals surface area contributed by atoms with Crippen molar-refractivity contribution in [3.8, 4) is 0 Å². The number of nitrogens with zero attached hydrogens (tertiary/aromatic N) is 1. The van der Waals surface area contributed by atoms with Crippen LogP contribution in [-0.2, 0) is 11.3 Å². The van der Waals surface area contributed by atoms with Gasteiger partial charge in [0, 0.05) is 12.6 Å². The molecule has 2 unspecified atom stereocenters. The van der Waals surface area contributed by atoms with Gasteiger partial charge in [-0.1, -0.05) is 6.07 Å². The first-order valence-electron chi connectivity index (χ1n) is 6.18. The van der Waals surface area contributed by atoms with Gasteiger partial charge in [-0.05, 0) is 31.2 Å². The molecule has 6 heteroatoms. The van der Waals surface area contributed by atoms with Crippen LogP contribution in [0.2, 0.25) is 0 Å². The van der Waals surface area contributed by atoms with Gasteiger partial charge in [0.2, 0.25) is 0 Å². The van der Waals surface area contributed by atoms with Gasteiger partial charge in [0.05, 0.1) is 17.0 Å². The fourth-order valence-corrected chi connectivity index (χ4v) is 2.52. The predicted molar refractivity (Wildman–Crippen MR) is 69.9 cm³/mol. The Hall–Kier alpha value is -2.08. The summed E-state index contributed by atoms with van der Waals surface area (Å²) in [6.07, 6.45) is 0.717. The Labute approximate surface area is 109 Å². The van der Waals surface area contributed by atoms with Crippen molar-refractivity contribution >= 4 is 17.0 Å². The predicted octanol–water partition coefficient (Wildman–Crippen LogP) is 0.761. The maximum atomic E-state index is 11.2. The molecular formula is C13H15N3O3. The van der Waals surface area contributed by atoms with Crippen LogP contribution in [0.1, 0.15) is 12.0 Å². The van der Waals surface area contributed by atoms with Crippen molar-refractivity contribution in [2.75, 3.05) is 7.05 Å². The van der Waals surface area contributed by atoms with Crippen LogP contribution in [0.3, 0.4) is 0 Å². The standard InChI is InChI=1S/C13H15N3O3/c1-16(11-5-8(11)12(17)18)6-7-2-3-9-10(4-7)15-13(19)14-9/h2-4,8,11H,5-6H2,1H3,(H,17,18)(H2,14,15,19). The average molecular weight is 261 g/mol. The van der Waals surface area contributed by atoms with E-state index < -0.39 is 5.97 Å². The Balaban J connectivity index is 1.74. The Morgan fingerprint density at radius 2 is 2.16 bits per heavy atom. The lowest BCUT2D eigenvalue weighted by molar-refractivity contribution is -0.138. The number of carboxylic acids is 1. The van der Waals surface area contributed by atoms with E-state index in [9.17, 15) is 9.59 Å². The Morgan fingerprint density at radius 3 is 2.84 bits per heavy atom. The second-order valence-corrected chi connectivity index (χ2v) is 5.12. The number of rotatable bonds is 4. The zero-order valence-corrected chi connectivity index (χ0v) is 10.5. The van der Waals surface area contributed by atoms with E-state index in [2.05, 4.69) is 9.97 Å². The molecule has 1 saturated carbocycles. The summed E-state index contributed by atoms with van der Waals surface area (Å²) in [6, 6.07) is 5.85. The Bertz CT molecular complexity index is 688. The lowest BCUT2D eigenvalue weighted by atomic mass is 10.2. The summed E-state index contributed by atoms with van der Waals surface area (Å²) in [5, 5.41) is 8.91. The third kappa shape index (κ3) is 2.26. The third-order valence-electron chi connectivity index (χ3n) is 3.65. The Kier molecular flexibility index (Phi) is 2.67. The van der Waals surface area contributed by atoms with Gasteiger partial charge in [-0.25, -0.2) is 4.79 Å². The van der Waals surface area contributed by atoms with E-state index in [1.165, 1.54) is 0 Å². The number of H-pyrrole nitrogens is 2. The number of imidazole rings is 1. The van der Waals surface area contributed by atoms with Crippen LogP contribution in [0.5, 0.6) is 0 Å². The van der Waals surface area contributed by atoms with Crippen LogP contribution in [0.25, 0.3) is 11.0 Å². The number of hydrogen-bond donors (Lipinski definition) is 3. The summed E-state index contributed by atoms with van der Waals surface area (Å²) in [5.74, 6) is -0.955. The van der Waals surface area contributed by atoms with Crippen LogP contribution in [0.15, 0.2) is 23.0 Å². The first-order chi connectivity index (χ1) is 9.04. The molecule has 3 N–H and O–H groups in total. The molecule has 0 aliphatic heterocycles. The smallest absolute Gasteiger partial charge is 0.323 e. The number of aliphatic carboxylic acids is 1. The molecule has 1 aliphatic carbocycles. The molecule has 6 nitrogen and oxygen atoms in total. The molecule has 1 aromatic heterocycles. The van der Waals surface area contributed by atoms with E-state index >= 15 is 0 Å². The van der Waals surface area contributed by atoms with Crippen molar-refractivity contribution in [2.24, 2.45) is 5.92 Å². The van der Waals surface area contributed by atoms with E-state index in [0.717, 1.165) is 23.0 Å². The van der Waals surface area contributed by atoms with Gasteiger partial charge < -0.3 is 15.1 Å². The molecule has 2 atom stereocenters. The number of carboxylic acid groups (broad SMARTS) is 1. The zero-order chi connectivity index (χ0) is 13.6. The van der Waals surface area contributed by atoms with Crippen molar-refractivity contribution in [1.29, 1.82) is 0 Å². The van der Waals surface area contributed by atoms with Crippen LogP contribution in [0.4, 0.5) is 0 Å². The maximum absolute atomic E-state index is 11.2. The molecule has 3 rings (SSSR count). The first kappa shape index (κ1) is 12.0. The summed E-state index contributed by atoms with van der Waals surface area (Å²) < 4.78 is 0. The van der Waals surface area contributed by atoms with Gasteiger partial charge in [-0.3, -0.25) is 9.69 Å². The molecule has 100 valence electrons. The molecule has 1 heterocycles. The number of benzene rings is 1. The van der Waals surface area contributed by atoms with E-state index in [-0.39, 0.29) is 17.6 Å². The Morgan fingerprint density at radius 1 is 1.42 bits per heavy atom. The number of nitrogens with one attached hydrogen (secondary N) is 2. The zero-order valence-electron chi connectivity index (χ0n) is 10.5. The van der Waals surface area contributed by atoms with Crippen molar-refractivity contribution in [3.05, 3.63) is 34.2 Å². The van der Waals surface area contributed by atoms with Crippen molar-refractivity contribution in [2.45, 2.75) is 19.0 Å². The van der Waals surface area contributed by atoms with Crippen molar-refractivity contribution < 1.29 is 9.90 Å². The van der Waals surface area contributed by atoms with Crippen LogP contribution in [0, 0.1) is 5.92 Å². The largest absolute Gasteiger partial charge is 0.481 e. The normalized spacial score (nSPS) is 22.0. The van der Waals surface area contributed by atoms with E-state index in [1.54, 1.807) is 0 Å². The highest BCUT2D eigenvalue weighted by molar-refractivity contribution is 5.75. The molecule has 0 bridgehead atoms. The molecular weight excluding hydrogens is 246 g/mol. The van der Waals surface area contributed by atoms with Gasteiger partial charge in [0.1, 0.15) is 0 Å². The highest BCUT2D eigenvalue weighted by atomic mass is 16.4. The van der Waals surface area contributed by atoms with E-state index in [4.69, 9.17) is 5.11 Å². The van der Waals surface area contributed by atoms with Gasteiger partial charge in [-0.2, -0.15) is 0 Å². The summed E-state index contributed by atoms with van der Waals surface area (Å²) >= 11 is 0. The van der Waals surface area contributed by atoms with Gasteiger partial charge in [0.15, 0.2) is 0 Å². The molecule has 1 aliphatic rings. The summed E-state index contributed by atoms with van der Waals surface area (Å²) in [6.45, 7) is 0.678. The van der Waals surface area contributed by atoms with Crippen LogP contribution >= 0.6 is 0 Å². The number of aromatic nitrogens is 2. The minimum atomic E-state index is -0.720. The lowest BCUT2D eigenvalue weighted by Crippen LogP contribution is -2.23. The van der Waals surface area contributed by atoms with E-state index in [1.807, 2.05) is 30.1 Å². The summed E-state index contributed by atoms with van der Waals surface area (Å²) in [4.78, 5) is 29.5. The molecule has 0 amide bonds. The highest BCUT2D eigenvalue weighted by Gasteiger charge is 2.45.